The van der Waals surface area contributed by atoms with E-state index in [0.717, 1.165) is 0 Å². The predicted octanol–water partition coefficient (Wildman–Crippen LogP) is 0.452. The molecule has 0 aliphatic carbocycles. The summed E-state index contributed by atoms with van der Waals surface area (Å²) in [7, 11) is -2.89. The lowest BCUT2D eigenvalue weighted by Gasteiger charge is -2.40. The molecule has 2 heterocycles. The van der Waals surface area contributed by atoms with Crippen LogP contribution in [-0.2, 0) is 14.6 Å². The molecule has 2 rings (SSSR count). The molecule has 0 aromatic rings. The van der Waals surface area contributed by atoms with Gasteiger partial charge in [-0.1, -0.05) is 0 Å². The van der Waals surface area contributed by atoms with Gasteiger partial charge in [0.2, 0.25) is 5.67 Å². The van der Waals surface area contributed by atoms with Gasteiger partial charge >= 0.3 is 5.97 Å². The third-order valence-electron chi connectivity index (χ3n) is 4.01. The number of alkyl halides is 1. The number of carboxylic acids is 1. The summed E-state index contributed by atoms with van der Waals surface area (Å²) in [5, 5.41) is 8.79. The maximum absolute atomic E-state index is 13.8. The Hall–Kier alpha value is -0.690. The van der Waals surface area contributed by atoms with Crippen molar-refractivity contribution < 1.29 is 22.7 Å². The molecule has 0 unspecified atom stereocenters. The standard InChI is InChI=1S/C11H18FNO4S/c12-11(10(14)15)3-5-13(6-4-11)9-1-7-18(16,17)8-2-9/h9H,1-8H2,(H,14,15). The van der Waals surface area contributed by atoms with Gasteiger partial charge in [-0.05, 0) is 12.8 Å². The first-order chi connectivity index (χ1) is 8.32. The second kappa shape index (κ2) is 4.77. The molecule has 2 aliphatic rings. The third kappa shape index (κ3) is 2.83. The smallest absolute Gasteiger partial charge is 0.341 e. The van der Waals surface area contributed by atoms with Crippen molar-refractivity contribution >= 4 is 15.8 Å². The molecule has 0 aromatic carbocycles. The molecular weight excluding hydrogens is 261 g/mol. The number of hydrogen-bond donors (Lipinski definition) is 1. The van der Waals surface area contributed by atoms with Gasteiger partial charge < -0.3 is 10.0 Å². The summed E-state index contributed by atoms with van der Waals surface area (Å²) in [6, 6.07) is 0.159. The zero-order valence-electron chi connectivity index (χ0n) is 10.1. The van der Waals surface area contributed by atoms with Crippen molar-refractivity contribution in [2.75, 3.05) is 24.6 Å². The highest BCUT2D eigenvalue weighted by Crippen LogP contribution is 2.30. The molecule has 5 nitrogen and oxygen atoms in total. The number of nitrogens with zero attached hydrogens (tertiary/aromatic N) is 1. The Labute approximate surface area is 106 Å². The molecule has 2 fully saturated rings. The zero-order chi connectivity index (χ0) is 13.4. The van der Waals surface area contributed by atoms with Gasteiger partial charge in [0.15, 0.2) is 0 Å². The number of sulfone groups is 1. The Morgan fingerprint density at radius 1 is 1.22 bits per heavy atom. The fourth-order valence-corrected chi connectivity index (χ4v) is 4.17. The van der Waals surface area contributed by atoms with E-state index < -0.39 is 21.5 Å². The highest BCUT2D eigenvalue weighted by molar-refractivity contribution is 7.91. The SMILES string of the molecule is O=C(O)C1(F)CCN(C2CCS(=O)(=O)CC2)CC1. The van der Waals surface area contributed by atoms with Crippen molar-refractivity contribution in [2.24, 2.45) is 0 Å². The molecule has 0 amide bonds. The molecule has 0 bridgehead atoms. The van der Waals surface area contributed by atoms with Gasteiger partial charge in [0.05, 0.1) is 11.5 Å². The average molecular weight is 279 g/mol. The second-order valence-corrected chi connectivity index (χ2v) is 7.49. The van der Waals surface area contributed by atoms with E-state index in [9.17, 15) is 17.6 Å². The fraction of sp³-hybridized carbons (Fsp3) is 0.909. The summed E-state index contributed by atoms with van der Waals surface area (Å²) < 4.78 is 36.5. The van der Waals surface area contributed by atoms with Crippen LogP contribution in [0, 0.1) is 0 Å². The van der Waals surface area contributed by atoms with Crippen molar-refractivity contribution in [1.82, 2.24) is 4.90 Å². The van der Waals surface area contributed by atoms with E-state index in [4.69, 9.17) is 5.11 Å². The minimum Gasteiger partial charge on any atom is -0.479 e. The molecule has 2 saturated heterocycles. The van der Waals surface area contributed by atoms with Crippen LogP contribution in [0.2, 0.25) is 0 Å². The van der Waals surface area contributed by atoms with Crippen molar-refractivity contribution in [3.63, 3.8) is 0 Å². The van der Waals surface area contributed by atoms with Crippen molar-refractivity contribution in [1.29, 1.82) is 0 Å². The molecule has 0 radical (unpaired) electrons. The summed E-state index contributed by atoms with van der Waals surface area (Å²) >= 11 is 0. The summed E-state index contributed by atoms with van der Waals surface area (Å²) in [6.07, 6.45) is 1.14. The Morgan fingerprint density at radius 2 is 1.72 bits per heavy atom. The van der Waals surface area contributed by atoms with Crippen LogP contribution < -0.4 is 0 Å². The van der Waals surface area contributed by atoms with E-state index in [1.54, 1.807) is 0 Å². The van der Waals surface area contributed by atoms with Crippen LogP contribution in [-0.4, -0.2) is 60.7 Å². The van der Waals surface area contributed by atoms with Gasteiger partial charge in [0.25, 0.3) is 0 Å². The van der Waals surface area contributed by atoms with Crippen LogP contribution in [0.5, 0.6) is 0 Å². The van der Waals surface area contributed by atoms with E-state index in [2.05, 4.69) is 0 Å². The van der Waals surface area contributed by atoms with Crippen LogP contribution >= 0.6 is 0 Å². The third-order valence-corrected chi connectivity index (χ3v) is 5.73. The Morgan fingerprint density at radius 3 is 2.17 bits per heavy atom. The highest BCUT2D eigenvalue weighted by atomic mass is 32.2. The summed E-state index contributed by atoms with van der Waals surface area (Å²) in [5.74, 6) is -1.00. The quantitative estimate of drug-likeness (QED) is 0.794. The largest absolute Gasteiger partial charge is 0.479 e. The minimum absolute atomic E-state index is 0.00835. The lowest BCUT2D eigenvalue weighted by molar-refractivity contribution is -0.154. The van der Waals surface area contributed by atoms with Crippen molar-refractivity contribution in [2.45, 2.75) is 37.4 Å². The Balaban J connectivity index is 1.89. The van der Waals surface area contributed by atoms with Gasteiger partial charge in [-0.3, -0.25) is 0 Å². The van der Waals surface area contributed by atoms with Crippen LogP contribution in [0.3, 0.4) is 0 Å². The second-order valence-electron chi connectivity index (χ2n) is 5.19. The molecule has 104 valence electrons. The van der Waals surface area contributed by atoms with Gasteiger partial charge in [-0.15, -0.1) is 0 Å². The van der Waals surface area contributed by atoms with Gasteiger partial charge in [-0.2, -0.15) is 0 Å². The molecule has 0 atom stereocenters. The first-order valence-electron chi connectivity index (χ1n) is 6.19. The molecular formula is C11H18FNO4S. The van der Waals surface area contributed by atoms with Gasteiger partial charge in [-0.25, -0.2) is 17.6 Å². The van der Waals surface area contributed by atoms with Crippen molar-refractivity contribution in [3.05, 3.63) is 0 Å². The molecule has 0 aromatic heterocycles. The Kier molecular flexibility index (Phi) is 3.64. The lowest BCUT2D eigenvalue weighted by Crippen LogP contribution is -2.51. The first kappa shape index (κ1) is 13.7. The number of carbonyl (C=O) groups is 1. The van der Waals surface area contributed by atoms with Crippen LogP contribution in [0.4, 0.5) is 4.39 Å². The summed E-state index contributed by atoms with van der Waals surface area (Å²) in [4.78, 5) is 12.8. The fourth-order valence-electron chi connectivity index (χ4n) is 2.70. The molecule has 2 aliphatic heterocycles. The number of likely N-dealkylation sites (tertiary alicyclic amines) is 1. The maximum atomic E-state index is 13.8. The molecule has 7 heteroatoms. The van der Waals surface area contributed by atoms with E-state index in [1.165, 1.54) is 0 Å². The van der Waals surface area contributed by atoms with E-state index in [1.807, 2.05) is 4.90 Å². The topological polar surface area (TPSA) is 74.7 Å². The molecule has 1 N–H and O–H groups in total. The van der Waals surface area contributed by atoms with E-state index >= 15 is 0 Å². The first-order valence-corrected chi connectivity index (χ1v) is 8.01. The van der Waals surface area contributed by atoms with Crippen LogP contribution in [0.1, 0.15) is 25.7 Å². The van der Waals surface area contributed by atoms with Crippen LogP contribution in [0.15, 0.2) is 0 Å². The monoisotopic (exact) mass is 279 g/mol. The summed E-state index contributed by atoms with van der Waals surface area (Å²) in [5.41, 5.74) is -2.10. The normalized spacial score (nSPS) is 28.9. The zero-order valence-corrected chi connectivity index (χ0v) is 11.0. The number of carboxylic acid groups (broad SMARTS) is 1. The van der Waals surface area contributed by atoms with E-state index in [-0.39, 0.29) is 30.4 Å². The predicted molar refractivity (Wildman–Crippen MR) is 64.0 cm³/mol. The molecule has 0 saturated carbocycles. The number of halogens is 1. The number of rotatable bonds is 2. The van der Waals surface area contributed by atoms with Crippen molar-refractivity contribution in [3.8, 4) is 0 Å². The molecule has 18 heavy (non-hydrogen) atoms. The molecule has 0 spiro atoms. The number of piperidine rings is 1. The average Bonchev–Trinajstić information content (AvgIpc) is 2.30. The maximum Gasteiger partial charge on any atom is 0.341 e. The number of aliphatic carboxylic acids is 1. The van der Waals surface area contributed by atoms with Gasteiger partial charge in [0.1, 0.15) is 9.84 Å². The minimum atomic E-state index is -2.89. The summed E-state index contributed by atoms with van der Waals surface area (Å²) in [6.45, 7) is 0.793. The Bertz CT molecular complexity index is 414. The highest BCUT2D eigenvalue weighted by Gasteiger charge is 2.43. The lowest BCUT2D eigenvalue weighted by atomic mass is 9.92. The van der Waals surface area contributed by atoms with Crippen LogP contribution in [0.25, 0.3) is 0 Å². The van der Waals surface area contributed by atoms with E-state index in [0.29, 0.717) is 25.9 Å². The van der Waals surface area contributed by atoms with Gasteiger partial charge in [0, 0.05) is 32.0 Å². The number of hydrogen-bond acceptors (Lipinski definition) is 4.